The fraction of sp³-hybridized carbons (Fsp3) is 0.700. The first-order chi connectivity index (χ1) is 10.3. The van der Waals surface area contributed by atoms with Gasteiger partial charge in [-0.05, 0) is 56.1 Å². The van der Waals surface area contributed by atoms with Crippen molar-refractivity contribution in [2.24, 2.45) is 16.7 Å². The average molecular weight is 300 g/mol. The first kappa shape index (κ1) is 14.6. The number of furan rings is 1. The van der Waals surface area contributed by atoms with Crippen molar-refractivity contribution in [3.05, 3.63) is 35.8 Å². The molecule has 2 aliphatic carbocycles. The van der Waals surface area contributed by atoms with Gasteiger partial charge in [0.15, 0.2) is 0 Å². The molecule has 2 heteroatoms. The summed E-state index contributed by atoms with van der Waals surface area (Å²) in [6, 6.07) is 2.07. The molecule has 1 aromatic rings. The summed E-state index contributed by atoms with van der Waals surface area (Å²) in [5.41, 5.74) is 2.82. The third-order valence-electron chi connectivity index (χ3n) is 7.31. The summed E-state index contributed by atoms with van der Waals surface area (Å²) in [6.45, 7) is 11.9. The molecule has 0 bridgehead atoms. The smallest absolute Gasteiger partial charge is 0.129 e. The first-order valence-corrected chi connectivity index (χ1v) is 8.68. The molecule has 1 saturated heterocycles. The van der Waals surface area contributed by atoms with Crippen molar-refractivity contribution in [3.8, 4) is 0 Å². The molecule has 1 aliphatic heterocycles. The topological polar surface area (TPSA) is 25.7 Å². The number of hydrogen-bond donors (Lipinski definition) is 0. The van der Waals surface area contributed by atoms with Crippen LogP contribution in [0.3, 0.4) is 0 Å². The van der Waals surface area contributed by atoms with Crippen molar-refractivity contribution < 1.29 is 9.15 Å². The number of ether oxygens (including phenoxy) is 1. The molecule has 0 N–H and O–H groups in total. The molecule has 1 spiro atoms. The van der Waals surface area contributed by atoms with Crippen molar-refractivity contribution in [2.45, 2.75) is 71.5 Å². The van der Waals surface area contributed by atoms with E-state index in [4.69, 9.17) is 9.15 Å². The molecular weight excluding hydrogens is 272 g/mol. The number of allylic oxidation sites excluding steroid dienone is 1. The van der Waals surface area contributed by atoms with Crippen LogP contribution in [0, 0.1) is 16.7 Å². The number of epoxide rings is 1. The van der Waals surface area contributed by atoms with E-state index >= 15 is 0 Å². The van der Waals surface area contributed by atoms with Gasteiger partial charge in [0.1, 0.15) is 11.2 Å². The van der Waals surface area contributed by atoms with Crippen LogP contribution in [0.2, 0.25) is 0 Å². The number of rotatable bonds is 1. The molecule has 3 aliphatic rings. The predicted molar refractivity (Wildman–Crippen MR) is 87.5 cm³/mol. The lowest BCUT2D eigenvalue weighted by atomic mass is 9.46. The molecule has 2 nitrogen and oxygen atoms in total. The summed E-state index contributed by atoms with van der Waals surface area (Å²) in [6.07, 6.45) is 11.2. The lowest BCUT2D eigenvalue weighted by Gasteiger charge is -2.56. The van der Waals surface area contributed by atoms with Crippen LogP contribution in [0.4, 0.5) is 0 Å². The normalized spacial score (nSPS) is 46.2. The molecule has 2 heterocycles. The van der Waals surface area contributed by atoms with Gasteiger partial charge in [-0.3, -0.25) is 0 Å². The van der Waals surface area contributed by atoms with Crippen LogP contribution in [0.1, 0.15) is 65.9 Å². The maximum atomic E-state index is 6.63. The minimum Gasteiger partial charge on any atom is -0.472 e. The maximum absolute atomic E-state index is 6.63. The highest BCUT2D eigenvalue weighted by Crippen LogP contribution is 2.75. The van der Waals surface area contributed by atoms with E-state index in [2.05, 4.69) is 46.8 Å². The Morgan fingerprint density at radius 1 is 1.14 bits per heavy atom. The van der Waals surface area contributed by atoms with Gasteiger partial charge in [0.05, 0.1) is 12.5 Å². The van der Waals surface area contributed by atoms with E-state index in [0.717, 1.165) is 0 Å². The summed E-state index contributed by atoms with van der Waals surface area (Å²) in [5, 5.41) is 0. The van der Waals surface area contributed by atoms with Crippen LogP contribution < -0.4 is 0 Å². The van der Waals surface area contributed by atoms with Gasteiger partial charge in [-0.25, -0.2) is 0 Å². The Morgan fingerprint density at radius 2 is 1.91 bits per heavy atom. The molecule has 1 saturated carbocycles. The highest BCUT2D eigenvalue weighted by atomic mass is 16.6. The number of hydrogen-bond acceptors (Lipinski definition) is 2. The average Bonchev–Trinajstić information content (AvgIpc) is 2.85. The summed E-state index contributed by atoms with van der Waals surface area (Å²) in [4.78, 5) is 0. The third kappa shape index (κ3) is 1.45. The second-order valence-electron chi connectivity index (χ2n) is 8.76. The Balaban J connectivity index is 1.86. The Bertz CT molecular complexity index is 626. The molecule has 4 rings (SSSR count). The molecule has 0 radical (unpaired) electrons. The Morgan fingerprint density at radius 3 is 2.59 bits per heavy atom. The van der Waals surface area contributed by atoms with Crippen LogP contribution in [0.15, 0.2) is 34.7 Å². The summed E-state index contributed by atoms with van der Waals surface area (Å²) in [5.74, 6) is 0.686. The van der Waals surface area contributed by atoms with E-state index in [1.807, 2.05) is 6.26 Å². The van der Waals surface area contributed by atoms with Crippen LogP contribution in [0.5, 0.6) is 0 Å². The van der Waals surface area contributed by atoms with Gasteiger partial charge in [0.2, 0.25) is 0 Å². The lowest BCUT2D eigenvalue weighted by Crippen LogP contribution is -2.55. The second kappa shape index (κ2) is 4.08. The Hall–Kier alpha value is -1.02. The van der Waals surface area contributed by atoms with E-state index in [1.165, 1.54) is 36.8 Å². The van der Waals surface area contributed by atoms with Crippen molar-refractivity contribution in [1.29, 1.82) is 0 Å². The molecule has 22 heavy (non-hydrogen) atoms. The Kier molecular flexibility index (Phi) is 2.70. The van der Waals surface area contributed by atoms with Gasteiger partial charge in [0.25, 0.3) is 0 Å². The second-order valence-corrected chi connectivity index (χ2v) is 8.76. The standard InChI is InChI=1S/C20H28O2/c1-14-7-8-16-17(2,3)10-6-11-18(16,4)20(14)19(5,22-20)15-9-12-21-13-15/h7,9,12-13,16H,6,8,10-11H2,1-5H3. The first-order valence-electron chi connectivity index (χ1n) is 8.68. The maximum Gasteiger partial charge on any atom is 0.129 e. The van der Waals surface area contributed by atoms with E-state index in [9.17, 15) is 0 Å². The van der Waals surface area contributed by atoms with E-state index < -0.39 is 0 Å². The quantitative estimate of drug-likeness (QED) is 0.509. The molecular formula is C20H28O2. The van der Waals surface area contributed by atoms with Crippen LogP contribution in [-0.2, 0) is 10.3 Å². The Labute approximate surface area is 133 Å². The highest BCUT2D eigenvalue weighted by Gasteiger charge is 2.79. The van der Waals surface area contributed by atoms with E-state index in [-0.39, 0.29) is 16.6 Å². The molecule has 120 valence electrons. The fourth-order valence-electron chi connectivity index (χ4n) is 6.21. The van der Waals surface area contributed by atoms with Gasteiger partial charge in [-0.2, -0.15) is 0 Å². The molecule has 2 fully saturated rings. The van der Waals surface area contributed by atoms with Gasteiger partial charge in [-0.1, -0.05) is 33.3 Å². The summed E-state index contributed by atoms with van der Waals surface area (Å²) in [7, 11) is 0. The summed E-state index contributed by atoms with van der Waals surface area (Å²) >= 11 is 0. The van der Waals surface area contributed by atoms with Gasteiger partial charge >= 0.3 is 0 Å². The van der Waals surface area contributed by atoms with Crippen molar-refractivity contribution in [2.75, 3.05) is 0 Å². The SMILES string of the molecule is CC1=CCC2C(C)(C)CCCC2(C)C12OC2(C)c1ccoc1. The molecule has 4 atom stereocenters. The highest BCUT2D eigenvalue weighted by molar-refractivity contribution is 5.45. The minimum absolute atomic E-state index is 0.148. The van der Waals surface area contributed by atoms with Crippen molar-refractivity contribution >= 4 is 0 Å². The molecule has 1 aromatic heterocycles. The van der Waals surface area contributed by atoms with E-state index in [0.29, 0.717) is 11.3 Å². The largest absolute Gasteiger partial charge is 0.472 e. The van der Waals surface area contributed by atoms with Gasteiger partial charge in [0, 0.05) is 11.0 Å². The van der Waals surface area contributed by atoms with Gasteiger partial charge in [-0.15, -0.1) is 0 Å². The number of fused-ring (bicyclic) bond motifs is 2. The fourth-order valence-corrected chi connectivity index (χ4v) is 6.21. The van der Waals surface area contributed by atoms with Crippen LogP contribution in [0.25, 0.3) is 0 Å². The zero-order valence-electron chi connectivity index (χ0n) is 14.5. The van der Waals surface area contributed by atoms with E-state index in [1.54, 1.807) is 6.26 Å². The molecule has 0 amide bonds. The van der Waals surface area contributed by atoms with Crippen molar-refractivity contribution in [3.63, 3.8) is 0 Å². The van der Waals surface area contributed by atoms with Crippen LogP contribution >= 0.6 is 0 Å². The molecule has 0 aromatic carbocycles. The van der Waals surface area contributed by atoms with Crippen LogP contribution in [-0.4, -0.2) is 5.60 Å². The van der Waals surface area contributed by atoms with Crippen molar-refractivity contribution in [1.82, 2.24) is 0 Å². The monoisotopic (exact) mass is 300 g/mol. The zero-order valence-corrected chi connectivity index (χ0v) is 14.5. The zero-order chi connectivity index (χ0) is 15.8. The molecule has 4 unspecified atom stereocenters. The lowest BCUT2D eigenvalue weighted by molar-refractivity contribution is -0.0505. The summed E-state index contributed by atoms with van der Waals surface area (Å²) < 4.78 is 12.0. The van der Waals surface area contributed by atoms with Gasteiger partial charge < -0.3 is 9.15 Å². The minimum atomic E-state index is -0.235. The predicted octanol–water partition coefficient (Wildman–Crippen LogP) is 5.45. The third-order valence-corrected chi connectivity index (χ3v) is 7.31.